The molecule has 2 saturated heterocycles. The number of sulfonamides is 1. The third-order valence-electron chi connectivity index (χ3n) is 7.05. The maximum Gasteiger partial charge on any atom is 0.246 e. The Kier molecular flexibility index (Phi) is 6.76. The second-order valence-electron chi connectivity index (χ2n) is 9.66. The SMILES string of the molecule is CN(C)C1CN(S(=O)(=O)c2ccc(Cl)cc2Cl)C2CN(C3CC3)C(=O)C(Cc3cccnc3)N2C1=O. The van der Waals surface area contributed by atoms with E-state index in [4.69, 9.17) is 23.2 Å². The average Bonchev–Trinajstić information content (AvgIpc) is 3.66. The largest absolute Gasteiger partial charge is 0.334 e. The van der Waals surface area contributed by atoms with E-state index in [1.807, 2.05) is 6.07 Å². The van der Waals surface area contributed by atoms with E-state index in [-0.39, 0.29) is 47.3 Å². The molecule has 3 aliphatic rings. The summed E-state index contributed by atoms with van der Waals surface area (Å²) in [5.41, 5.74) is 0.794. The summed E-state index contributed by atoms with van der Waals surface area (Å²) < 4.78 is 29.4. The fourth-order valence-corrected chi connectivity index (χ4v) is 7.37. The highest BCUT2D eigenvalue weighted by Gasteiger charge is 2.55. The van der Waals surface area contributed by atoms with Crippen molar-refractivity contribution in [1.82, 2.24) is 24.0 Å². The lowest BCUT2D eigenvalue weighted by Crippen LogP contribution is -2.75. The minimum Gasteiger partial charge on any atom is -0.334 e. The molecule has 1 aromatic carbocycles. The highest BCUT2D eigenvalue weighted by Crippen LogP contribution is 2.38. The zero-order valence-electron chi connectivity index (χ0n) is 19.9. The van der Waals surface area contributed by atoms with Crippen molar-refractivity contribution in [3.63, 3.8) is 0 Å². The second kappa shape index (κ2) is 9.57. The van der Waals surface area contributed by atoms with Crippen LogP contribution in [0.2, 0.25) is 10.0 Å². The number of carbonyl (C=O) groups is 2. The monoisotopic (exact) mass is 551 g/mol. The van der Waals surface area contributed by atoms with Crippen LogP contribution in [-0.4, -0.2) is 95.7 Å². The molecule has 3 fully saturated rings. The Labute approximate surface area is 220 Å². The molecule has 192 valence electrons. The van der Waals surface area contributed by atoms with Gasteiger partial charge in [-0.3, -0.25) is 19.5 Å². The minimum absolute atomic E-state index is 0.00481. The van der Waals surface area contributed by atoms with Gasteiger partial charge < -0.3 is 9.80 Å². The first-order valence-corrected chi connectivity index (χ1v) is 13.9. The van der Waals surface area contributed by atoms with Crippen LogP contribution in [0.25, 0.3) is 0 Å². The molecule has 3 unspecified atom stereocenters. The molecule has 12 heteroatoms. The molecule has 2 aromatic rings. The summed E-state index contributed by atoms with van der Waals surface area (Å²) in [6, 6.07) is 6.32. The number of halogens is 2. The number of nitrogens with zero attached hydrogens (tertiary/aromatic N) is 5. The van der Waals surface area contributed by atoms with Gasteiger partial charge in [-0.05, 0) is 56.8 Å². The van der Waals surface area contributed by atoms with Gasteiger partial charge in [-0.2, -0.15) is 4.31 Å². The molecule has 0 radical (unpaired) electrons. The number of piperazine rings is 1. The average molecular weight is 552 g/mol. The Morgan fingerprint density at radius 2 is 1.83 bits per heavy atom. The molecule has 0 N–H and O–H groups in total. The van der Waals surface area contributed by atoms with Crippen LogP contribution >= 0.6 is 23.2 Å². The topological polar surface area (TPSA) is 94.1 Å². The van der Waals surface area contributed by atoms with Gasteiger partial charge in [0, 0.05) is 36.4 Å². The van der Waals surface area contributed by atoms with Crippen molar-refractivity contribution in [1.29, 1.82) is 0 Å². The van der Waals surface area contributed by atoms with E-state index in [2.05, 4.69) is 4.98 Å². The fourth-order valence-electron chi connectivity index (χ4n) is 5.04. The molecule has 3 heterocycles. The summed E-state index contributed by atoms with van der Waals surface area (Å²) in [6.45, 7) is 0.0595. The Bertz CT molecular complexity index is 1290. The Balaban J connectivity index is 1.61. The molecule has 2 amide bonds. The highest BCUT2D eigenvalue weighted by molar-refractivity contribution is 7.89. The highest BCUT2D eigenvalue weighted by atomic mass is 35.5. The Morgan fingerprint density at radius 1 is 1.08 bits per heavy atom. The summed E-state index contributed by atoms with van der Waals surface area (Å²) in [5.74, 6) is -0.427. The number of hydrogen-bond acceptors (Lipinski definition) is 6. The second-order valence-corrected chi connectivity index (χ2v) is 12.4. The molecular weight excluding hydrogens is 525 g/mol. The zero-order chi connectivity index (χ0) is 25.8. The molecule has 0 spiro atoms. The van der Waals surface area contributed by atoms with Crippen LogP contribution in [0, 0.1) is 0 Å². The zero-order valence-corrected chi connectivity index (χ0v) is 22.2. The predicted molar refractivity (Wildman–Crippen MR) is 135 cm³/mol. The number of likely N-dealkylation sites (N-methyl/N-ethyl adjacent to an activating group) is 1. The molecule has 2 aliphatic heterocycles. The van der Waals surface area contributed by atoms with E-state index in [0.29, 0.717) is 5.02 Å². The molecule has 0 bridgehead atoms. The van der Waals surface area contributed by atoms with Crippen molar-refractivity contribution in [3.05, 3.63) is 58.3 Å². The van der Waals surface area contributed by atoms with E-state index in [0.717, 1.165) is 18.4 Å². The Hall–Kier alpha value is -2.24. The van der Waals surface area contributed by atoms with Gasteiger partial charge in [-0.25, -0.2) is 8.42 Å². The van der Waals surface area contributed by atoms with Gasteiger partial charge >= 0.3 is 0 Å². The molecule has 3 atom stereocenters. The lowest BCUT2D eigenvalue weighted by atomic mass is 9.97. The molecule has 5 rings (SSSR count). The van der Waals surface area contributed by atoms with Crippen molar-refractivity contribution >= 4 is 45.0 Å². The first kappa shape index (κ1) is 25.4. The van der Waals surface area contributed by atoms with Gasteiger partial charge in [-0.1, -0.05) is 29.3 Å². The maximum absolute atomic E-state index is 14.0. The lowest BCUT2D eigenvalue weighted by molar-refractivity contribution is -0.170. The molecule has 1 saturated carbocycles. The van der Waals surface area contributed by atoms with E-state index >= 15 is 0 Å². The van der Waals surface area contributed by atoms with Gasteiger partial charge in [0.15, 0.2) is 0 Å². The van der Waals surface area contributed by atoms with Gasteiger partial charge in [0.05, 0.1) is 11.6 Å². The van der Waals surface area contributed by atoms with Gasteiger partial charge in [0.2, 0.25) is 21.8 Å². The van der Waals surface area contributed by atoms with Crippen LogP contribution in [0.4, 0.5) is 0 Å². The van der Waals surface area contributed by atoms with Gasteiger partial charge in [0.1, 0.15) is 23.1 Å². The van der Waals surface area contributed by atoms with Crippen molar-refractivity contribution in [3.8, 4) is 0 Å². The van der Waals surface area contributed by atoms with E-state index < -0.39 is 28.3 Å². The van der Waals surface area contributed by atoms with Crippen molar-refractivity contribution in [2.24, 2.45) is 0 Å². The summed E-state index contributed by atoms with van der Waals surface area (Å²) in [6.07, 6.45) is 4.42. The lowest BCUT2D eigenvalue weighted by Gasteiger charge is -2.54. The number of amides is 2. The number of hydrogen-bond donors (Lipinski definition) is 0. The van der Waals surface area contributed by atoms with Crippen molar-refractivity contribution in [2.75, 3.05) is 27.2 Å². The van der Waals surface area contributed by atoms with Crippen molar-refractivity contribution < 1.29 is 18.0 Å². The summed E-state index contributed by atoms with van der Waals surface area (Å²) in [7, 11) is -0.693. The number of fused-ring (bicyclic) bond motifs is 1. The van der Waals surface area contributed by atoms with Crippen LogP contribution in [0.3, 0.4) is 0 Å². The van der Waals surface area contributed by atoms with E-state index in [9.17, 15) is 18.0 Å². The number of carbonyl (C=O) groups excluding carboxylic acids is 2. The number of rotatable bonds is 6. The molecule has 1 aromatic heterocycles. The molecule has 9 nitrogen and oxygen atoms in total. The van der Waals surface area contributed by atoms with E-state index in [1.165, 1.54) is 27.4 Å². The minimum atomic E-state index is -4.14. The molecule has 1 aliphatic carbocycles. The maximum atomic E-state index is 14.0. The van der Waals surface area contributed by atoms with Crippen molar-refractivity contribution in [2.45, 2.75) is 48.4 Å². The number of benzene rings is 1. The van der Waals surface area contributed by atoms with Crippen LogP contribution < -0.4 is 0 Å². The fraction of sp³-hybridized carbons (Fsp3) is 0.458. The molecular formula is C24H27Cl2N5O4S. The normalized spacial score (nSPS) is 25.4. The van der Waals surface area contributed by atoms with Crippen LogP contribution in [0.1, 0.15) is 18.4 Å². The van der Waals surface area contributed by atoms with Crippen LogP contribution in [0.15, 0.2) is 47.6 Å². The summed E-state index contributed by atoms with van der Waals surface area (Å²) in [5, 5.41) is 0.325. The van der Waals surface area contributed by atoms with Gasteiger partial charge in [-0.15, -0.1) is 0 Å². The first-order valence-electron chi connectivity index (χ1n) is 11.7. The first-order chi connectivity index (χ1) is 17.1. The third-order valence-corrected chi connectivity index (χ3v) is 9.63. The van der Waals surface area contributed by atoms with Gasteiger partial charge in [0.25, 0.3) is 0 Å². The predicted octanol–water partition coefficient (Wildman–Crippen LogP) is 2.09. The van der Waals surface area contributed by atoms with Crippen LogP contribution in [0.5, 0.6) is 0 Å². The quantitative estimate of drug-likeness (QED) is 0.545. The standard InChI is InChI=1S/C24H27Cl2N5O4S/c1-28(2)20-13-30(36(34,35)21-8-5-16(25)11-18(21)26)22-14-29(17-6-7-17)23(32)19(31(22)24(20)33)10-15-4-3-9-27-12-15/h3-5,8-9,11-12,17,19-20,22H,6-7,10,13-14H2,1-2H3. The van der Waals surface area contributed by atoms with E-state index in [1.54, 1.807) is 42.4 Å². The molecule has 36 heavy (non-hydrogen) atoms. The smallest absolute Gasteiger partial charge is 0.246 e. The summed E-state index contributed by atoms with van der Waals surface area (Å²) >= 11 is 12.4. The third kappa shape index (κ3) is 4.50. The van der Waals surface area contributed by atoms with Crippen LogP contribution in [-0.2, 0) is 26.0 Å². The number of pyridine rings is 1. The number of aromatic nitrogens is 1. The Morgan fingerprint density at radius 3 is 2.44 bits per heavy atom. The summed E-state index contributed by atoms with van der Waals surface area (Å²) in [4.78, 5) is 36.5.